The average Bonchev–Trinajstić information content (AvgIpc) is 2.48. The summed E-state index contributed by atoms with van der Waals surface area (Å²) in [5.41, 5.74) is 2.00. The molecule has 1 fully saturated rings. The van der Waals surface area contributed by atoms with Gasteiger partial charge < -0.3 is 10.2 Å². The Balaban J connectivity index is 1.88. The predicted molar refractivity (Wildman–Crippen MR) is 84.3 cm³/mol. The number of hydrogen-bond donors (Lipinski definition) is 1. The fourth-order valence-electron chi connectivity index (χ4n) is 2.55. The van der Waals surface area contributed by atoms with Crippen LogP contribution in [0.1, 0.15) is 49.9 Å². The Morgan fingerprint density at radius 2 is 1.80 bits per heavy atom. The normalized spacial score (nSPS) is 15.4. The van der Waals surface area contributed by atoms with Gasteiger partial charge in [-0.05, 0) is 55.9 Å². The van der Waals surface area contributed by atoms with Crippen LogP contribution in [0.4, 0.5) is 5.69 Å². The topological polar surface area (TPSA) is 32.3 Å². The molecule has 0 unspecified atom stereocenters. The molecule has 2 rings (SSSR count). The van der Waals surface area contributed by atoms with Gasteiger partial charge in [-0.3, -0.25) is 4.79 Å². The highest BCUT2D eigenvalue weighted by molar-refractivity contribution is 5.94. The van der Waals surface area contributed by atoms with E-state index in [-0.39, 0.29) is 5.91 Å². The molecule has 1 aliphatic rings. The lowest BCUT2D eigenvalue weighted by molar-refractivity contribution is 0.0952. The molecular formula is C17H26N2O. The number of rotatable bonds is 5. The van der Waals surface area contributed by atoms with Crippen molar-refractivity contribution in [1.82, 2.24) is 5.32 Å². The summed E-state index contributed by atoms with van der Waals surface area (Å²) in [7, 11) is 0. The molecule has 0 aromatic heterocycles. The van der Waals surface area contributed by atoms with Crippen molar-refractivity contribution >= 4 is 11.6 Å². The Morgan fingerprint density at radius 3 is 2.40 bits per heavy atom. The number of hydrogen-bond acceptors (Lipinski definition) is 2. The lowest BCUT2D eigenvalue weighted by Crippen LogP contribution is -2.29. The molecule has 0 aliphatic carbocycles. The molecule has 3 nitrogen and oxygen atoms in total. The van der Waals surface area contributed by atoms with E-state index in [1.165, 1.54) is 24.9 Å². The van der Waals surface area contributed by atoms with E-state index in [9.17, 15) is 4.79 Å². The lowest BCUT2D eigenvalue weighted by atomic mass is 10.1. The van der Waals surface area contributed by atoms with Crippen molar-refractivity contribution in [3.05, 3.63) is 29.8 Å². The van der Waals surface area contributed by atoms with Crippen LogP contribution in [-0.2, 0) is 0 Å². The summed E-state index contributed by atoms with van der Waals surface area (Å²) >= 11 is 0. The molecule has 0 bridgehead atoms. The highest BCUT2D eigenvalue weighted by Gasteiger charge is 2.11. The van der Waals surface area contributed by atoms with Crippen molar-refractivity contribution in [3.63, 3.8) is 0 Å². The molecule has 20 heavy (non-hydrogen) atoms. The third-order valence-corrected chi connectivity index (χ3v) is 3.86. The van der Waals surface area contributed by atoms with Crippen LogP contribution in [0, 0.1) is 5.92 Å². The first-order valence-corrected chi connectivity index (χ1v) is 7.80. The standard InChI is InChI=1S/C17H26N2O/c1-14(2)10-11-18-17(20)15-6-8-16(9-7-15)19-12-4-3-5-13-19/h6-9,14H,3-5,10-13H2,1-2H3,(H,18,20). The number of nitrogens with one attached hydrogen (secondary N) is 1. The number of carbonyl (C=O) groups is 1. The summed E-state index contributed by atoms with van der Waals surface area (Å²) in [5, 5.41) is 2.98. The first kappa shape index (κ1) is 14.9. The average molecular weight is 274 g/mol. The van der Waals surface area contributed by atoms with Crippen molar-refractivity contribution in [2.75, 3.05) is 24.5 Å². The zero-order valence-electron chi connectivity index (χ0n) is 12.7. The molecule has 1 amide bonds. The molecule has 1 heterocycles. The maximum absolute atomic E-state index is 12.0. The number of piperidine rings is 1. The monoisotopic (exact) mass is 274 g/mol. The molecule has 110 valence electrons. The summed E-state index contributed by atoms with van der Waals surface area (Å²) in [4.78, 5) is 14.4. The molecule has 0 saturated carbocycles. The SMILES string of the molecule is CC(C)CCNC(=O)c1ccc(N2CCCCC2)cc1. The number of amides is 1. The highest BCUT2D eigenvalue weighted by Crippen LogP contribution is 2.20. The Morgan fingerprint density at radius 1 is 1.15 bits per heavy atom. The molecule has 1 aromatic carbocycles. The second-order valence-electron chi connectivity index (χ2n) is 6.03. The summed E-state index contributed by atoms with van der Waals surface area (Å²) in [5.74, 6) is 0.660. The molecule has 1 N–H and O–H groups in total. The van der Waals surface area contributed by atoms with E-state index in [1.807, 2.05) is 12.1 Å². The van der Waals surface area contributed by atoms with Crippen molar-refractivity contribution < 1.29 is 4.79 Å². The number of benzene rings is 1. The molecule has 3 heteroatoms. The Bertz CT molecular complexity index is 419. The van der Waals surface area contributed by atoms with Gasteiger partial charge in [0.2, 0.25) is 0 Å². The number of carbonyl (C=O) groups excluding carboxylic acids is 1. The van der Waals surface area contributed by atoms with Gasteiger partial charge in [0, 0.05) is 30.9 Å². The van der Waals surface area contributed by atoms with Crippen LogP contribution >= 0.6 is 0 Å². The first-order chi connectivity index (χ1) is 9.66. The molecule has 1 aromatic rings. The van der Waals surface area contributed by atoms with Gasteiger partial charge in [-0.25, -0.2) is 0 Å². The molecule has 1 aliphatic heterocycles. The van der Waals surface area contributed by atoms with Crippen LogP contribution < -0.4 is 10.2 Å². The predicted octanol–water partition coefficient (Wildman–Crippen LogP) is 3.45. The van der Waals surface area contributed by atoms with Crippen LogP contribution in [0.2, 0.25) is 0 Å². The molecule has 0 radical (unpaired) electrons. The maximum Gasteiger partial charge on any atom is 0.251 e. The van der Waals surface area contributed by atoms with Crippen molar-refractivity contribution in [2.45, 2.75) is 39.5 Å². The fraction of sp³-hybridized carbons (Fsp3) is 0.588. The van der Waals surface area contributed by atoms with Crippen LogP contribution in [0.25, 0.3) is 0 Å². The van der Waals surface area contributed by atoms with Crippen LogP contribution in [0.5, 0.6) is 0 Å². The van der Waals surface area contributed by atoms with Gasteiger partial charge in [0.25, 0.3) is 5.91 Å². The van der Waals surface area contributed by atoms with Crippen molar-refractivity contribution in [2.24, 2.45) is 5.92 Å². The van der Waals surface area contributed by atoms with E-state index < -0.39 is 0 Å². The molecule has 0 spiro atoms. The minimum Gasteiger partial charge on any atom is -0.372 e. The van der Waals surface area contributed by atoms with Crippen LogP contribution in [-0.4, -0.2) is 25.5 Å². The van der Waals surface area contributed by atoms with E-state index in [1.54, 1.807) is 0 Å². The minimum absolute atomic E-state index is 0.0378. The van der Waals surface area contributed by atoms with Crippen molar-refractivity contribution in [3.8, 4) is 0 Å². The van der Waals surface area contributed by atoms with Gasteiger partial charge >= 0.3 is 0 Å². The number of anilines is 1. The van der Waals surface area contributed by atoms with Gasteiger partial charge in [0.15, 0.2) is 0 Å². The number of nitrogens with zero attached hydrogens (tertiary/aromatic N) is 1. The van der Waals surface area contributed by atoms with Crippen LogP contribution in [0.15, 0.2) is 24.3 Å². The third-order valence-electron chi connectivity index (χ3n) is 3.86. The van der Waals surface area contributed by atoms with Gasteiger partial charge in [0.1, 0.15) is 0 Å². The second-order valence-corrected chi connectivity index (χ2v) is 6.03. The minimum atomic E-state index is 0.0378. The Hall–Kier alpha value is -1.51. The summed E-state index contributed by atoms with van der Waals surface area (Å²) in [6.07, 6.45) is 4.92. The van der Waals surface area contributed by atoms with Crippen molar-refractivity contribution in [1.29, 1.82) is 0 Å². The van der Waals surface area contributed by atoms with E-state index in [0.717, 1.165) is 31.6 Å². The van der Waals surface area contributed by atoms with Gasteiger partial charge in [-0.2, -0.15) is 0 Å². The summed E-state index contributed by atoms with van der Waals surface area (Å²) in [6.45, 7) is 7.36. The Kier molecular flexibility index (Phi) is 5.45. The van der Waals surface area contributed by atoms with Gasteiger partial charge in [0.05, 0.1) is 0 Å². The van der Waals surface area contributed by atoms with E-state index >= 15 is 0 Å². The van der Waals surface area contributed by atoms with Crippen LogP contribution in [0.3, 0.4) is 0 Å². The fourth-order valence-corrected chi connectivity index (χ4v) is 2.55. The van der Waals surface area contributed by atoms with Gasteiger partial charge in [-0.15, -0.1) is 0 Å². The maximum atomic E-state index is 12.0. The zero-order chi connectivity index (χ0) is 14.4. The van der Waals surface area contributed by atoms with E-state index in [4.69, 9.17) is 0 Å². The molecule has 1 saturated heterocycles. The second kappa shape index (κ2) is 7.32. The lowest BCUT2D eigenvalue weighted by Gasteiger charge is -2.28. The Labute approximate surface area is 122 Å². The first-order valence-electron chi connectivity index (χ1n) is 7.80. The summed E-state index contributed by atoms with van der Waals surface area (Å²) < 4.78 is 0. The zero-order valence-corrected chi connectivity index (χ0v) is 12.7. The third kappa shape index (κ3) is 4.26. The molecule has 0 atom stereocenters. The largest absolute Gasteiger partial charge is 0.372 e. The molecular weight excluding hydrogens is 248 g/mol. The smallest absolute Gasteiger partial charge is 0.251 e. The van der Waals surface area contributed by atoms with Gasteiger partial charge in [-0.1, -0.05) is 13.8 Å². The van der Waals surface area contributed by atoms with E-state index in [2.05, 4.69) is 36.2 Å². The quantitative estimate of drug-likeness (QED) is 0.892. The van der Waals surface area contributed by atoms with E-state index in [0.29, 0.717) is 5.92 Å². The highest BCUT2D eigenvalue weighted by atomic mass is 16.1. The summed E-state index contributed by atoms with van der Waals surface area (Å²) in [6, 6.07) is 8.02.